The van der Waals surface area contributed by atoms with Crippen LogP contribution in [0.1, 0.15) is 36.8 Å². The first kappa shape index (κ1) is 20.4. The molecule has 2 heterocycles. The summed E-state index contributed by atoms with van der Waals surface area (Å²) in [4.78, 5) is 20.1. The number of unbranched alkanes of at least 4 members (excludes halogenated alkanes) is 1. The van der Waals surface area contributed by atoms with Gasteiger partial charge in [-0.2, -0.15) is 5.26 Å². The zero-order valence-electron chi connectivity index (χ0n) is 15.5. The van der Waals surface area contributed by atoms with Crippen molar-refractivity contribution in [3.63, 3.8) is 0 Å². The number of carbonyl (C=O) groups is 1. The molecule has 0 atom stereocenters. The normalized spacial score (nSPS) is 14.6. The van der Waals surface area contributed by atoms with Crippen LogP contribution in [0.5, 0.6) is 0 Å². The zero-order valence-corrected chi connectivity index (χ0v) is 16.3. The van der Waals surface area contributed by atoms with Crippen LogP contribution in [0, 0.1) is 11.3 Å². The standard InChI is InChI=1S/C18H27N5O2S/c1-3-4-9-25-10-5-7-20-17(24)14(11-19)12-21-18-22-15-6-8-23(2)13-16(15)26-18/h12H,3-10,13H2,1-2H3,(H,20,24)(H,21,22)/b14-12-. The highest BCUT2D eigenvalue weighted by Crippen LogP contribution is 2.27. The number of anilines is 1. The Hall–Kier alpha value is -1.95. The molecule has 0 aliphatic carbocycles. The van der Waals surface area contributed by atoms with E-state index in [0.717, 1.165) is 56.2 Å². The number of nitriles is 1. The largest absolute Gasteiger partial charge is 0.381 e. The molecular weight excluding hydrogens is 350 g/mol. The zero-order chi connectivity index (χ0) is 18.8. The lowest BCUT2D eigenvalue weighted by Gasteiger charge is -2.20. The topological polar surface area (TPSA) is 90.3 Å². The van der Waals surface area contributed by atoms with Gasteiger partial charge in [0.1, 0.15) is 11.6 Å². The minimum absolute atomic E-state index is 0.0437. The maximum Gasteiger partial charge on any atom is 0.263 e. The number of fused-ring (bicyclic) bond motifs is 1. The van der Waals surface area contributed by atoms with Gasteiger partial charge in [0.05, 0.1) is 5.69 Å². The number of nitrogens with one attached hydrogen (secondary N) is 2. The predicted molar refractivity (Wildman–Crippen MR) is 103 cm³/mol. The van der Waals surface area contributed by atoms with Crippen LogP contribution in [-0.4, -0.2) is 49.1 Å². The number of aromatic nitrogens is 1. The van der Waals surface area contributed by atoms with Crippen molar-refractivity contribution in [2.75, 3.05) is 38.7 Å². The molecule has 2 N–H and O–H groups in total. The third-order valence-electron chi connectivity index (χ3n) is 4.02. The molecule has 0 fully saturated rings. The van der Waals surface area contributed by atoms with Crippen molar-refractivity contribution in [3.05, 3.63) is 22.3 Å². The maximum atomic E-state index is 12.1. The lowest BCUT2D eigenvalue weighted by atomic mass is 10.2. The molecule has 0 bridgehead atoms. The molecule has 0 spiro atoms. The van der Waals surface area contributed by atoms with Gasteiger partial charge in [0.15, 0.2) is 5.13 Å². The summed E-state index contributed by atoms with van der Waals surface area (Å²) in [6.45, 7) is 5.87. The summed E-state index contributed by atoms with van der Waals surface area (Å²) < 4.78 is 5.44. The second kappa shape index (κ2) is 10.9. The van der Waals surface area contributed by atoms with Crippen molar-refractivity contribution < 1.29 is 9.53 Å². The Balaban J connectivity index is 1.77. The van der Waals surface area contributed by atoms with Crippen molar-refractivity contribution in [1.29, 1.82) is 5.26 Å². The highest BCUT2D eigenvalue weighted by molar-refractivity contribution is 7.15. The third kappa shape index (κ3) is 6.41. The Morgan fingerprint density at radius 3 is 3.04 bits per heavy atom. The first-order valence-corrected chi connectivity index (χ1v) is 9.85. The van der Waals surface area contributed by atoms with E-state index in [1.165, 1.54) is 11.1 Å². The highest BCUT2D eigenvalue weighted by atomic mass is 32.1. The fourth-order valence-corrected chi connectivity index (χ4v) is 3.54. The quantitative estimate of drug-likeness (QED) is 0.369. The molecule has 1 aliphatic rings. The summed E-state index contributed by atoms with van der Waals surface area (Å²) in [7, 11) is 2.09. The number of thiazole rings is 1. The second-order valence-corrected chi connectivity index (χ2v) is 7.35. The van der Waals surface area contributed by atoms with E-state index in [9.17, 15) is 10.1 Å². The van der Waals surface area contributed by atoms with Gasteiger partial charge in [-0.3, -0.25) is 4.79 Å². The maximum absolute atomic E-state index is 12.1. The van der Waals surface area contributed by atoms with E-state index < -0.39 is 0 Å². The Morgan fingerprint density at radius 1 is 1.46 bits per heavy atom. The van der Waals surface area contributed by atoms with Crippen LogP contribution in [-0.2, 0) is 22.5 Å². The highest BCUT2D eigenvalue weighted by Gasteiger charge is 2.18. The summed E-state index contributed by atoms with van der Waals surface area (Å²) in [5, 5.41) is 15.7. The number of rotatable bonds is 10. The Labute approximate surface area is 159 Å². The fourth-order valence-electron chi connectivity index (χ4n) is 2.49. The molecule has 0 radical (unpaired) electrons. The second-order valence-electron chi connectivity index (χ2n) is 6.27. The number of ether oxygens (including phenoxy) is 1. The van der Waals surface area contributed by atoms with Crippen molar-refractivity contribution in [2.45, 2.75) is 39.2 Å². The van der Waals surface area contributed by atoms with Crippen LogP contribution in [0.15, 0.2) is 11.8 Å². The summed E-state index contributed by atoms with van der Waals surface area (Å²) >= 11 is 1.57. The number of amides is 1. The average molecular weight is 378 g/mol. The summed E-state index contributed by atoms with van der Waals surface area (Å²) in [6, 6.07) is 1.93. The van der Waals surface area contributed by atoms with Gasteiger partial charge < -0.3 is 20.3 Å². The Kier molecular flexibility index (Phi) is 8.54. The Bertz CT molecular complexity index is 665. The van der Waals surface area contributed by atoms with Gasteiger partial charge >= 0.3 is 0 Å². The van der Waals surface area contributed by atoms with E-state index in [0.29, 0.717) is 13.2 Å². The molecule has 142 valence electrons. The predicted octanol–water partition coefficient (Wildman–Crippen LogP) is 2.27. The van der Waals surface area contributed by atoms with E-state index in [2.05, 4.69) is 34.5 Å². The van der Waals surface area contributed by atoms with Gasteiger partial charge in [0.25, 0.3) is 5.91 Å². The van der Waals surface area contributed by atoms with Gasteiger partial charge in [-0.1, -0.05) is 13.3 Å². The van der Waals surface area contributed by atoms with Crippen LogP contribution in [0.3, 0.4) is 0 Å². The summed E-state index contributed by atoms with van der Waals surface area (Å²) in [5.41, 5.74) is 1.15. The Morgan fingerprint density at radius 2 is 2.27 bits per heavy atom. The first-order valence-electron chi connectivity index (χ1n) is 9.04. The lowest BCUT2D eigenvalue weighted by molar-refractivity contribution is -0.117. The SMILES string of the molecule is CCCCOCCCNC(=O)/C(C#N)=C\Nc1nc2c(s1)CN(C)CC2. The average Bonchev–Trinajstić information content (AvgIpc) is 3.03. The molecule has 1 aromatic rings. The van der Waals surface area contributed by atoms with E-state index in [1.54, 1.807) is 11.3 Å². The molecule has 0 saturated carbocycles. The number of hydrogen-bond acceptors (Lipinski definition) is 7. The van der Waals surface area contributed by atoms with Gasteiger partial charge in [0.2, 0.25) is 0 Å². The number of nitrogens with zero attached hydrogens (tertiary/aromatic N) is 3. The van der Waals surface area contributed by atoms with E-state index in [1.807, 2.05) is 6.07 Å². The molecule has 0 saturated heterocycles. The van der Waals surface area contributed by atoms with Crippen LogP contribution >= 0.6 is 11.3 Å². The fraction of sp³-hybridized carbons (Fsp3) is 0.611. The van der Waals surface area contributed by atoms with Crippen molar-refractivity contribution in [2.24, 2.45) is 0 Å². The van der Waals surface area contributed by atoms with E-state index in [4.69, 9.17) is 4.74 Å². The minimum Gasteiger partial charge on any atom is -0.381 e. The molecule has 2 rings (SSSR count). The third-order valence-corrected chi connectivity index (χ3v) is 5.03. The van der Waals surface area contributed by atoms with Crippen LogP contribution < -0.4 is 10.6 Å². The molecule has 26 heavy (non-hydrogen) atoms. The molecule has 1 aromatic heterocycles. The van der Waals surface area contributed by atoms with E-state index >= 15 is 0 Å². The molecule has 1 aliphatic heterocycles. The molecular formula is C18H27N5O2S. The van der Waals surface area contributed by atoms with E-state index in [-0.39, 0.29) is 11.5 Å². The number of carbonyl (C=O) groups excluding carboxylic acids is 1. The molecule has 8 heteroatoms. The molecule has 0 unspecified atom stereocenters. The van der Waals surface area contributed by atoms with Gasteiger partial charge in [-0.05, 0) is 19.9 Å². The van der Waals surface area contributed by atoms with Crippen molar-refractivity contribution in [3.8, 4) is 6.07 Å². The molecule has 7 nitrogen and oxygen atoms in total. The summed E-state index contributed by atoms with van der Waals surface area (Å²) in [6.07, 6.45) is 5.25. The minimum atomic E-state index is -0.380. The number of likely N-dealkylation sites (N-methyl/N-ethyl adjacent to an activating group) is 1. The van der Waals surface area contributed by atoms with Crippen LogP contribution in [0.2, 0.25) is 0 Å². The summed E-state index contributed by atoms with van der Waals surface area (Å²) in [5.74, 6) is -0.380. The van der Waals surface area contributed by atoms with Crippen molar-refractivity contribution in [1.82, 2.24) is 15.2 Å². The smallest absolute Gasteiger partial charge is 0.263 e. The first-order chi connectivity index (χ1) is 12.6. The van der Waals surface area contributed by atoms with Crippen molar-refractivity contribution >= 4 is 22.4 Å². The van der Waals surface area contributed by atoms with Gasteiger partial charge in [0, 0.05) is 50.3 Å². The molecule has 0 aromatic carbocycles. The number of hydrogen-bond donors (Lipinski definition) is 2. The lowest BCUT2D eigenvalue weighted by Crippen LogP contribution is -2.26. The van der Waals surface area contributed by atoms with Crippen LogP contribution in [0.25, 0.3) is 0 Å². The van der Waals surface area contributed by atoms with Gasteiger partial charge in [-0.25, -0.2) is 4.98 Å². The molecule has 1 amide bonds. The van der Waals surface area contributed by atoms with Crippen LogP contribution in [0.4, 0.5) is 5.13 Å². The monoisotopic (exact) mass is 377 g/mol. The van der Waals surface area contributed by atoms with Gasteiger partial charge in [-0.15, -0.1) is 11.3 Å².